The number of hydrogen-bond donors (Lipinski definition) is 0. The SMILES string of the molecule is CC(C)/C=C/S(C)(=O)=O. The highest BCUT2D eigenvalue weighted by molar-refractivity contribution is 7.93. The fourth-order valence-corrected chi connectivity index (χ4v) is 0.900. The molecule has 54 valence electrons. The van der Waals surface area contributed by atoms with E-state index in [9.17, 15) is 8.42 Å². The predicted molar refractivity (Wildman–Crippen MR) is 38.8 cm³/mol. The molecule has 9 heavy (non-hydrogen) atoms. The van der Waals surface area contributed by atoms with Crippen LogP contribution >= 0.6 is 0 Å². The lowest BCUT2D eigenvalue weighted by molar-refractivity contribution is 0.609. The Morgan fingerprint density at radius 3 is 1.89 bits per heavy atom. The molecule has 0 atom stereocenters. The zero-order valence-electron chi connectivity index (χ0n) is 5.96. The standard InChI is InChI=1S/C6H12O2S/c1-6(2)4-5-9(3,7)8/h4-6H,1-3H3/b5-4+. The quantitative estimate of drug-likeness (QED) is 0.589. The first-order valence-corrected chi connectivity index (χ1v) is 4.75. The molecular weight excluding hydrogens is 136 g/mol. The largest absolute Gasteiger partial charge is 0.225 e. The van der Waals surface area contributed by atoms with Gasteiger partial charge in [0.15, 0.2) is 9.84 Å². The second kappa shape index (κ2) is 3.01. The van der Waals surface area contributed by atoms with E-state index in [1.807, 2.05) is 13.8 Å². The van der Waals surface area contributed by atoms with Gasteiger partial charge in [0.05, 0.1) is 0 Å². The molecule has 0 spiro atoms. The molecule has 0 aromatic rings. The normalized spacial score (nSPS) is 13.3. The van der Waals surface area contributed by atoms with Gasteiger partial charge in [-0.15, -0.1) is 0 Å². The Balaban J connectivity index is 4.03. The first kappa shape index (κ1) is 8.69. The molecule has 3 heteroatoms. The molecule has 0 heterocycles. The highest BCUT2D eigenvalue weighted by Gasteiger charge is 1.92. The van der Waals surface area contributed by atoms with Gasteiger partial charge in [0.2, 0.25) is 0 Å². The number of rotatable bonds is 2. The number of hydrogen-bond acceptors (Lipinski definition) is 2. The Labute approximate surface area is 56.5 Å². The maximum Gasteiger partial charge on any atom is 0.168 e. The monoisotopic (exact) mass is 148 g/mol. The lowest BCUT2D eigenvalue weighted by atomic mass is 10.2. The van der Waals surface area contributed by atoms with Crippen molar-refractivity contribution in [1.29, 1.82) is 0 Å². The third-order valence-corrected chi connectivity index (χ3v) is 1.36. The van der Waals surface area contributed by atoms with Crippen LogP contribution in [-0.2, 0) is 9.84 Å². The summed E-state index contributed by atoms with van der Waals surface area (Å²) < 4.78 is 20.9. The average molecular weight is 148 g/mol. The van der Waals surface area contributed by atoms with Crippen LogP contribution in [0.2, 0.25) is 0 Å². The van der Waals surface area contributed by atoms with Gasteiger partial charge in [-0.3, -0.25) is 0 Å². The molecule has 0 aliphatic rings. The molecule has 0 bridgehead atoms. The molecule has 0 amide bonds. The van der Waals surface area contributed by atoms with Crippen molar-refractivity contribution in [2.45, 2.75) is 13.8 Å². The Bertz CT molecular complexity index is 187. The van der Waals surface area contributed by atoms with Gasteiger partial charge in [-0.1, -0.05) is 19.9 Å². The van der Waals surface area contributed by atoms with E-state index in [1.165, 1.54) is 11.7 Å². The molecular formula is C6H12O2S. The fourth-order valence-electron chi connectivity index (χ4n) is 0.300. The molecule has 0 aromatic heterocycles. The van der Waals surface area contributed by atoms with Crippen molar-refractivity contribution in [1.82, 2.24) is 0 Å². The highest BCUT2D eigenvalue weighted by atomic mass is 32.2. The van der Waals surface area contributed by atoms with Gasteiger partial charge in [-0.2, -0.15) is 0 Å². The zero-order valence-corrected chi connectivity index (χ0v) is 6.77. The Morgan fingerprint density at radius 1 is 1.33 bits per heavy atom. The molecule has 0 unspecified atom stereocenters. The van der Waals surface area contributed by atoms with Gasteiger partial charge in [-0.25, -0.2) is 8.42 Å². The summed E-state index contributed by atoms with van der Waals surface area (Å²) in [5.41, 5.74) is 0. The summed E-state index contributed by atoms with van der Waals surface area (Å²) >= 11 is 0. The van der Waals surface area contributed by atoms with Crippen LogP contribution in [0.25, 0.3) is 0 Å². The van der Waals surface area contributed by atoms with E-state index in [0.717, 1.165) is 0 Å². The Kier molecular flexibility index (Phi) is 2.91. The minimum atomic E-state index is -2.90. The van der Waals surface area contributed by atoms with E-state index in [1.54, 1.807) is 6.08 Å². The van der Waals surface area contributed by atoms with E-state index in [-0.39, 0.29) is 0 Å². The summed E-state index contributed by atoms with van der Waals surface area (Å²) in [6.45, 7) is 3.86. The van der Waals surface area contributed by atoms with Gasteiger partial charge >= 0.3 is 0 Å². The van der Waals surface area contributed by atoms with Crippen LogP contribution in [0.4, 0.5) is 0 Å². The van der Waals surface area contributed by atoms with E-state index >= 15 is 0 Å². The molecule has 0 rings (SSSR count). The van der Waals surface area contributed by atoms with E-state index in [0.29, 0.717) is 5.92 Å². The van der Waals surface area contributed by atoms with Gasteiger partial charge in [0, 0.05) is 11.7 Å². The smallest absolute Gasteiger partial charge is 0.168 e. The minimum Gasteiger partial charge on any atom is -0.225 e. The molecule has 0 aliphatic carbocycles. The van der Waals surface area contributed by atoms with Crippen molar-refractivity contribution >= 4 is 9.84 Å². The average Bonchev–Trinajstić information content (AvgIpc) is 1.59. The molecule has 0 N–H and O–H groups in total. The lowest BCUT2D eigenvalue weighted by Gasteiger charge is -1.90. The predicted octanol–water partition coefficient (Wildman–Crippen LogP) is 1.20. The van der Waals surface area contributed by atoms with Crippen molar-refractivity contribution in [3.8, 4) is 0 Å². The van der Waals surface area contributed by atoms with Crippen LogP contribution < -0.4 is 0 Å². The number of sulfone groups is 1. The molecule has 0 radical (unpaired) electrons. The minimum absolute atomic E-state index is 0.305. The summed E-state index contributed by atoms with van der Waals surface area (Å²) in [6, 6.07) is 0. The third kappa shape index (κ3) is 7.69. The van der Waals surface area contributed by atoms with E-state index in [2.05, 4.69) is 0 Å². The molecule has 0 aliphatic heterocycles. The molecule has 0 saturated carbocycles. The summed E-state index contributed by atoms with van der Waals surface area (Å²) in [6.07, 6.45) is 2.85. The van der Waals surface area contributed by atoms with Crippen molar-refractivity contribution < 1.29 is 8.42 Å². The van der Waals surface area contributed by atoms with Crippen LogP contribution in [0.15, 0.2) is 11.5 Å². The van der Waals surface area contributed by atoms with Crippen LogP contribution in [0.5, 0.6) is 0 Å². The van der Waals surface area contributed by atoms with E-state index in [4.69, 9.17) is 0 Å². The third-order valence-electron chi connectivity index (χ3n) is 0.711. The van der Waals surface area contributed by atoms with Crippen LogP contribution in [0, 0.1) is 5.92 Å². The first-order valence-electron chi connectivity index (χ1n) is 2.80. The molecule has 0 fully saturated rings. The van der Waals surface area contributed by atoms with Crippen LogP contribution in [-0.4, -0.2) is 14.7 Å². The highest BCUT2D eigenvalue weighted by Crippen LogP contribution is 1.95. The molecule has 0 aromatic carbocycles. The summed E-state index contributed by atoms with van der Waals surface area (Å²) in [7, 11) is -2.90. The topological polar surface area (TPSA) is 34.1 Å². The Hall–Kier alpha value is -0.310. The molecule has 2 nitrogen and oxygen atoms in total. The van der Waals surface area contributed by atoms with Gasteiger partial charge in [0.25, 0.3) is 0 Å². The van der Waals surface area contributed by atoms with E-state index < -0.39 is 9.84 Å². The van der Waals surface area contributed by atoms with Gasteiger partial charge in [0.1, 0.15) is 0 Å². The maximum atomic E-state index is 10.4. The Morgan fingerprint density at radius 2 is 1.78 bits per heavy atom. The van der Waals surface area contributed by atoms with Gasteiger partial charge < -0.3 is 0 Å². The van der Waals surface area contributed by atoms with Crippen LogP contribution in [0.1, 0.15) is 13.8 Å². The van der Waals surface area contributed by atoms with Crippen molar-refractivity contribution in [2.75, 3.05) is 6.26 Å². The second-order valence-corrected chi connectivity index (χ2v) is 4.33. The van der Waals surface area contributed by atoms with Crippen molar-refractivity contribution in [2.24, 2.45) is 5.92 Å². The maximum absolute atomic E-state index is 10.4. The first-order chi connectivity index (χ1) is 3.92. The lowest BCUT2D eigenvalue weighted by Crippen LogP contribution is -1.89. The summed E-state index contributed by atoms with van der Waals surface area (Å²) in [4.78, 5) is 0. The van der Waals surface area contributed by atoms with Gasteiger partial charge in [-0.05, 0) is 5.92 Å². The van der Waals surface area contributed by atoms with Crippen molar-refractivity contribution in [3.63, 3.8) is 0 Å². The number of allylic oxidation sites excluding steroid dienone is 1. The van der Waals surface area contributed by atoms with Crippen molar-refractivity contribution in [3.05, 3.63) is 11.5 Å². The van der Waals surface area contributed by atoms with Crippen LogP contribution in [0.3, 0.4) is 0 Å². The fraction of sp³-hybridized carbons (Fsp3) is 0.667. The summed E-state index contributed by atoms with van der Waals surface area (Å²) in [5.74, 6) is 0.305. The zero-order chi connectivity index (χ0) is 7.49. The molecule has 0 saturated heterocycles. The summed E-state index contributed by atoms with van der Waals surface area (Å²) in [5, 5.41) is 1.23. The second-order valence-electron chi connectivity index (χ2n) is 2.40.